The van der Waals surface area contributed by atoms with Crippen LogP contribution in [-0.2, 0) is 10.9 Å². The van der Waals surface area contributed by atoms with Gasteiger partial charge in [-0.25, -0.2) is 14.8 Å². The number of urea groups is 1. The molecule has 0 unspecified atom stereocenters. The Morgan fingerprint density at radius 2 is 1.64 bits per heavy atom. The molecule has 0 aliphatic carbocycles. The van der Waals surface area contributed by atoms with E-state index in [9.17, 15) is 18.0 Å². The standard InChI is InChI=1S/C30H27ClF3N5O6/c31-22-6-3-19(15-21(22)30(32,33)34)38-29(40)37-18-1-4-20(5-2-18)45-28-25-23(35-17-36-28)16-24(26-27(25)44-14-13-43-26)42-12-9-39-7-10-41-11-8-39/h1-6,15-17H,7-14H2,(H2,37,38,40). The summed E-state index contributed by atoms with van der Waals surface area (Å²) in [5, 5.41) is 4.98. The number of halogens is 4. The minimum absolute atomic E-state index is 0.0694. The quantitative estimate of drug-likeness (QED) is 0.230. The van der Waals surface area contributed by atoms with Crippen LogP contribution in [0.3, 0.4) is 0 Å². The highest BCUT2D eigenvalue weighted by Crippen LogP contribution is 2.48. The van der Waals surface area contributed by atoms with Crippen molar-refractivity contribution in [2.75, 3.05) is 63.3 Å². The van der Waals surface area contributed by atoms with E-state index in [0.717, 1.165) is 31.8 Å². The maximum absolute atomic E-state index is 13.1. The summed E-state index contributed by atoms with van der Waals surface area (Å²) < 4.78 is 68.9. The predicted molar refractivity (Wildman–Crippen MR) is 159 cm³/mol. The number of aromatic nitrogens is 2. The molecule has 3 heterocycles. The van der Waals surface area contributed by atoms with Crippen molar-refractivity contribution in [1.82, 2.24) is 14.9 Å². The van der Waals surface area contributed by atoms with Gasteiger partial charge < -0.3 is 34.3 Å². The number of rotatable bonds is 8. The van der Waals surface area contributed by atoms with E-state index in [1.54, 1.807) is 30.3 Å². The Morgan fingerprint density at radius 1 is 0.933 bits per heavy atom. The van der Waals surface area contributed by atoms with Crippen LogP contribution in [0.25, 0.3) is 10.9 Å². The molecule has 11 nitrogen and oxygen atoms in total. The summed E-state index contributed by atoms with van der Waals surface area (Å²) >= 11 is 5.65. The number of hydrogen-bond donors (Lipinski definition) is 2. The molecule has 45 heavy (non-hydrogen) atoms. The lowest BCUT2D eigenvalue weighted by Gasteiger charge is -2.27. The zero-order valence-electron chi connectivity index (χ0n) is 23.7. The molecule has 4 aromatic rings. The zero-order chi connectivity index (χ0) is 31.4. The fraction of sp³-hybridized carbons (Fsp3) is 0.300. The van der Waals surface area contributed by atoms with Crippen molar-refractivity contribution >= 4 is 39.9 Å². The molecule has 0 saturated carbocycles. The number of nitrogens with zero attached hydrogens (tertiary/aromatic N) is 3. The van der Waals surface area contributed by atoms with Crippen molar-refractivity contribution in [1.29, 1.82) is 0 Å². The van der Waals surface area contributed by atoms with Gasteiger partial charge in [-0.3, -0.25) is 4.90 Å². The number of morpholine rings is 1. The van der Waals surface area contributed by atoms with Crippen LogP contribution in [0.5, 0.6) is 28.9 Å². The van der Waals surface area contributed by atoms with Gasteiger partial charge in [-0.15, -0.1) is 0 Å². The highest BCUT2D eigenvalue weighted by molar-refractivity contribution is 6.31. The topological polar surface area (TPSA) is 116 Å². The summed E-state index contributed by atoms with van der Waals surface area (Å²) in [4.78, 5) is 23.4. The number of fused-ring (bicyclic) bond motifs is 3. The molecule has 1 saturated heterocycles. The number of hydrogen-bond acceptors (Lipinski definition) is 9. The summed E-state index contributed by atoms with van der Waals surface area (Å²) in [6.07, 6.45) is -3.29. The molecule has 236 valence electrons. The molecule has 2 aliphatic rings. The van der Waals surface area contributed by atoms with Crippen LogP contribution in [0, 0.1) is 0 Å². The molecule has 2 aliphatic heterocycles. The first-order valence-corrected chi connectivity index (χ1v) is 14.4. The number of alkyl halides is 3. The van der Waals surface area contributed by atoms with Gasteiger partial charge in [0.2, 0.25) is 11.6 Å². The summed E-state index contributed by atoms with van der Waals surface area (Å²) in [7, 11) is 0. The number of carbonyl (C=O) groups excluding carboxylic acids is 1. The van der Waals surface area contributed by atoms with E-state index >= 15 is 0 Å². The van der Waals surface area contributed by atoms with Gasteiger partial charge in [0, 0.05) is 37.1 Å². The number of amides is 2. The third-order valence-corrected chi connectivity index (χ3v) is 7.30. The largest absolute Gasteiger partial charge is 0.488 e. The summed E-state index contributed by atoms with van der Waals surface area (Å²) in [6, 6.07) is 10.5. The SMILES string of the molecule is O=C(Nc1ccc(Oc2ncnc3cc(OCCN4CCOCC4)c4c(c23)OCCO4)cc1)Nc1ccc(Cl)c(C(F)(F)F)c1. The van der Waals surface area contributed by atoms with E-state index in [4.69, 9.17) is 35.3 Å². The lowest BCUT2D eigenvalue weighted by molar-refractivity contribution is -0.137. The average Bonchev–Trinajstić information content (AvgIpc) is 3.03. The Hall–Kier alpha value is -4.53. The van der Waals surface area contributed by atoms with Crippen LogP contribution in [0.1, 0.15) is 5.56 Å². The summed E-state index contributed by atoms with van der Waals surface area (Å²) in [5.74, 6) is 2.00. The van der Waals surface area contributed by atoms with Crippen LogP contribution in [0.4, 0.5) is 29.3 Å². The molecular weight excluding hydrogens is 619 g/mol. The van der Waals surface area contributed by atoms with Crippen molar-refractivity contribution in [2.45, 2.75) is 6.18 Å². The molecule has 3 aromatic carbocycles. The Bertz CT molecular complexity index is 1690. The lowest BCUT2D eigenvalue weighted by Crippen LogP contribution is -2.38. The molecule has 1 aromatic heterocycles. The first-order valence-electron chi connectivity index (χ1n) is 14.0. The number of benzene rings is 3. The molecule has 0 spiro atoms. The smallest absolute Gasteiger partial charge is 0.417 e. The van der Waals surface area contributed by atoms with Crippen LogP contribution >= 0.6 is 11.6 Å². The minimum Gasteiger partial charge on any atom is -0.488 e. The normalized spacial score (nSPS) is 15.0. The van der Waals surface area contributed by atoms with Crippen LogP contribution in [-0.4, -0.2) is 73.6 Å². The van der Waals surface area contributed by atoms with Gasteiger partial charge in [-0.1, -0.05) is 11.6 Å². The molecule has 2 N–H and O–H groups in total. The van der Waals surface area contributed by atoms with Gasteiger partial charge in [0.05, 0.1) is 29.3 Å². The van der Waals surface area contributed by atoms with Crippen molar-refractivity contribution in [2.24, 2.45) is 0 Å². The molecule has 1 fully saturated rings. The van der Waals surface area contributed by atoms with Gasteiger partial charge in [0.1, 0.15) is 37.3 Å². The number of anilines is 2. The van der Waals surface area contributed by atoms with E-state index in [2.05, 4.69) is 25.5 Å². The van der Waals surface area contributed by atoms with Crippen molar-refractivity contribution < 1.29 is 41.7 Å². The molecule has 6 rings (SSSR count). The third-order valence-electron chi connectivity index (χ3n) is 6.97. The van der Waals surface area contributed by atoms with Gasteiger partial charge in [0.25, 0.3) is 0 Å². The minimum atomic E-state index is -4.66. The van der Waals surface area contributed by atoms with Gasteiger partial charge in [-0.2, -0.15) is 13.2 Å². The monoisotopic (exact) mass is 645 g/mol. The van der Waals surface area contributed by atoms with Crippen LogP contribution in [0.2, 0.25) is 5.02 Å². The fourth-order valence-corrected chi connectivity index (χ4v) is 5.03. The second-order valence-electron chi connectivity index (χ2n) is 10.0. The highest BCUT2D eigenvalue weighted by Gasteiger charge is 2.33. The molecule has 2 amide bonds. The lowest BCUT2D eigenvalue weighted by atomic mass is 10.1. The van der Waals surface area contributed by atoms with E-state index in [1.807, 2.05) is 0 Å². The first kappa shape index (κ1) is 30.5. The number of carbonyl (C=O) groups is 1. The maximum Gasteiger partial charge on any atom is 0.417 e. The van der Waals surface area contributed by atoms with E-state index < -0.39 is 22.8 Å². The Labute approximate surface area is 260 Å². The van der Waals surface area contributed by atoms with Gasteiger partial charge >= 0.3 is 12.2 Å². The average molecular weight is 646 g/mol. The summed E-state index contributed by atoms with van der Waals surface area (Å²) in [6.45, 7) is 4.98. The van der Waals surface area contributed by atoms with Crippen molar-refractivity contribution in [3.8, 4) is 28.9 Å². The molecule has 15 heteroatoms. The maximum atomic E-state index is 13.1. The Balaban J connectivity index is 1.14. The number of ether oxygens (including phenoxy) is 5. The van der Waals surface area contributed by atoms with E-state index in [0.29, 0.717) is 72.6 Å². The first-order chi connectivity index (χ1) is 21.7. The molecule has 0 radical (unpaired) electrons. The molecule has 0 bridgehead atoms. The Kier molecular flexibility index (Phi) is 8.96. The van der Waals surface area contributed by atoms with Gasteiger partial charge in [-0.05, 0) is 42.5 Å². The third kappa shape index (κ3) is 7.24. The molecule has 0 atom stereocenters. The number of nitrogens with one attached hydrogen (secondary N) is 2. The van der Waals surface area contributed by atoms with Gasteiger partial charge in [0.15, 0.2) is 11.5 Å². The highest BCUT2D eigenvalue weighted by atomic mass is 35.5. The molecular formula is C30H27ClF3N5O6. The van der Waals surface area contributed by atoms with Crippen molar-refractivity contribution in [3.63, 3.8) is 0 Å². The van der Waals surface area contributed by atoms with E-state index in [1.165, 1.54) is 12.4 Å². The zero-order valence-corrected chi connectivity index (χ0v) is 24.4. The predicted octanol–water partition coefficient (Wildman–Crippen LogP) is 6.22. The van der Waals surface area contributed by atoms with Crippen LogP contribution in [0.15, 0.2) is 54.9 Å². The van der Waals surface area contributed by atoms with E-state index in [-0.39, 0.29) is 11.6 Å². The Morgan fingerprint density at radius 3 is 2.40 bits per heavy atom. The van der Waals surface area contributed by atoms with Crippen LogP contribution < -0.4 is 29.6 Å². The fourth-order valence-electron chi connectivity index (χ4n) is 4.81. The second-order valence-corrected chi connectivity index (χ2v) is 10.4. The second kappa shape index (κ2) is 13.2. The summed E-state index contributed by atoms with van der Waals surface area (Å²) in [5.41, 5.74) is -0.215. The van der Waals surface area contributed by atoms with Crippen molar-refractivity contribution in [3.05, 3.63) is 65.4 Å².